The average Bonchev–Trinajstić information content (AvgIpc) is 2.91. The molecule has 206 valence electrons. The van der Waals surface area contributed by atoms with E-state index in [1.165, 1.54) is 48.5 Å². The van der Waals surface area contributed by atoms with Gasteiger partial charge in [-0.05, 0) is 35.2 Å². The summed E-state index contributed by atoms with van der Waals surface area (Å²) in [5.74, 6) is -2.51. The summed E-state index contributed by atoms with van der Waals surface area (Å²) in [6.07, 6.45) is -7.16. The van der Waals surface area contributed by atoms with E-state index in [4.69, 9.17) is 27.0 Å². The molecule has 0 saturated heterocycles. The summed E-state index contributed by atoms with van der Waals surface area (Å²) in [4.78, 5) is 30.4. The summed E-state index contributed by atoms with van der Waals surface area (Å²) in [6.45, 7) is 0. The van der Waals surface area contributed by atoms with Crippen LogP contribution in [0.5, 0.6) is 5.88 Å². The second-order valence-corrected chi connectivity index (χ2v) is 8.86. The zero-order valence-electron chi connectivity index (χ0n) is 20.8. The van der Waals surface area contributed by atoms with Crippen molar-refractivity contribution in [2.75, 3.05) is 5.73 Å². The van der Waals surface area contributed by atoms with Gasteiger partial charge in [0.1, 0.15) is 6.04 Å². The number of ether oxygens (including phenoxy) is 1. The number of alkyl halides is 3. The molecule has 40 heavy (non-hydrogen) atoms. The number of aliphatic carboxylic acids is 1. The van der Waals surface area contributed by atoms with E-state index in [-0.39, 0.29) is 34.8 Å². The number of carbonyl (C=O) groups is 2. The number of amides is 1. The van der Waals surface area contributed by atoms with Crippen molar-refractivity contribution in [2.24, 2.45) is 11.5 Å². The number of halogens is 3. The molecule has 4 aromatic rings. The maximum atomic E-state index is 14.4. The van der Waals surface area contributed by atoms with E-state index in [1.54, 1.807) is 30.3 Å². The van der Waals surface area contributed by atoms with Crippen LogP contribution in [0, 0.1) is 0 Å². The lowest BCUT2D eigenvalue weighted by Crippen LogP contribution is -2.32. The quantitative estimate of drug-likeness (QED) is 0.241. The van der Waals surface area contributed by atoms with Crippen molar-refractivity contribution in [2.45, 2.75) is 24.7 Å². The molecule has 0 aliphatic carbocycles. The first-order valence-electron chi connectivity index (χ1n) is 11.9. The van der Waals surface area contributed by atoms with Gasteiger partial charge >= 0.3 is 12.1 Å². The molecule has 2 atom stereocenters. The molecular formula is C28H24F3N5O4. The number of carboxylic acid groups (broad SMARTS) is 1. The molecule has 0 aliphatic rings. The van der Waals surface area contributed by atoms with E-state index < -0.39 is 36.1 Å². The van der Waals surface area contributed by atoms with Gasteiger partial charge in [-0.3, -0.25) is 9.59 Å². The summed E-state index contributed by atoms with van der Waals surface area (Å²) in [5, 5.41) is 8.99. The van der Waals surface area contributed by atoms with Crippen molar-refractivity contribution in [1.82, 2.24) is 9.97 Å². The number of rotatable bonds is 9. The Morgan fingerprint density at radius 1 is 0.925 bits per heavy atom. The van der Waals surface area contributed by atoms with Gasteiger partial charge in [0.2, 0.25) is 23.8 Å². The molecular weight excluding hydrogens is 527 g/mol. The number of anilines is 1. The second-order valence-electron chi connectivity index (χ2n) is 8.86. The lowest BCUT2D eigenvalue weighted by atomic mass is 9.95. The fourth-order valence-corrected chi connectivity index (χ4v) is 4.03. The van der Waals surface area contributed by atoms with Crippen LogP contribution in [0.25, 0.3) is 22.4 Å². The molecule has 0 saturated carbocycles. The predicted octanol–water partition coefficient (Wildman–Crippen LogP) is 4.13. The Morgan fingerprint density at radius 2 is 1.55 bits per heavy atom. The maximum absolute atomic E-state index is 14.4. The number of carboxylic acids is 1. The number of nitrogens with zero attached hydrogens (tertiary/aromatic N) is 2. The van der Waals surface area contributed by atoms with E-state index in [0.29, 0.717) is 16.7 Å². The van der Waals surface area contributed by atoms with Crippen LogP contribution >= 0.6 is 0 Å². The van der Waals surface area contributed by atoms with Crippen LogP contribution in [0.4, 0.5) is 19.1 Å². The lowest BCUT2D eigenvalue weighted by molar-refractivity contribution is -0.198. The van der Waals surface area contributed by atoms with E-state index in [1.807, 2.05) is 0 Å². The summed E-state index contributed by atoms with van der Waals surface area (Å²) >= 11 is 0. The first kappa shape index (κ1) is 28.0. The number of nitrogens with two attached hydrogens (primary N) is 3. The van der Waals surface area contributed by atoms with Crippen molar-refractivity contribution >= 4 is 17.8 Å². The zero-order chi connectivity index (χ0) is 29.0. The largest absolute Gasteiger partial charge is 0.480 e. The van der Waals surface area contributed by atoms with Crippen LogP contribution in [0.3, 0.4) is 0 Å². The predicted molar refractivity (Wildman–Crippen MR) is 141 cm³/mol. The average molecular weight is 552 g/mol. The fourth-order valence-electron chi connectivity index (χ4n) is 4.03. The van der Waals surface area contributed by atoms with Gasteiger partial charge in [0.05, 0.1) is 5.69 Å². The Balaban J connectivity index is 1.67. The molecule has 0 spiro atoms. The highest BCUT2D eigenvalue weighted by Gasteiger charge is 2.44. The molecule has 1 aromatic heterocycles. The van der Waals surface area contributed by atoms with Crippen LogP contribution in [0.15, 0.2) is 78.9 Å². The van der Waals surface area contributed by atoms with Crippen LogP contribution in [0.1, 0.15) is 27.6 Å². The number of aromatic nitrogens is 2. The van der Waals surface area contributed by atoms with Crippen molar-refractivity contribution in [3.63, 3.8) is 0 Å². The first-order chi connectivity index (χ1) is 18.9. The molecule has 0 radical (unpaired) electrons. The molecule has 0 aliphatic heterocycles. The van der Waals surface area contributed by atoms with Crippen LogP contribution in [-0.4, -0.2) is 39.2 Å². The third-order valence-corrected chi connectivity index (χ3v) is 6.00. The summed E-state index contributed by atoms with van der Waals surface area (Å²) in [6, 6.07) is 18.3. The van der Waals surface area contributed by atoms with Crippen LogP contribution in [-0.2, 0) is 11.2 Å². The van der Waals surface area contributed by atoms with Gasteiger partial charge in [0, 0.05) is 22.8 Å². The van der Waals surface area contributed by atoms with Gasteiger partial charge in [-0.25, -0.2) is 4.98 Å². The van der Waals surface area contributed by atoms with Gasteiger partial charge in [0.15, 0.2) is 0 Å². The number of benzene rings is 3. The van der Waals surface area contributed by atoms with E-state index >= 15 is 0 Å². The monoisotopic (exact) mass is 551 g/mol. The summed E-state index contributed by atoms with van der Waals surface area (Å²) in [5.41, 5.74) is 18.7. The summed E-state index contributed by atoms with van der Waals surface area (Å²) in [7, 11) is 0. The third kappa shape index (κ3) is 6.53. The van der Waals surface area contributed by atoms with Crippen molar-refractivity contribution in [1.29, 1.82) is 0 Å². The maximum Gasteiger partial charge on any atom is 0.429 e. The molecule has 4 rings (SSSR count). The molecule has 2 unspecified atom stereocenters. The number of nitrogen functional groups attached to an aromatic ring is 1. The minimum absolute atomic E-state index is 0.0911. The van der Waals surface area contributed by atoms with Crippen LogP contribution < -0.4 is 21.9 Å². The van der Waals surface area contributed by atoms with Crippen molar-refractivity contribution in [3.8, 4) is 28.3 Å². The fraction of sp³-hybridized carbons (Fsp3) is 0.143. The highest BCUT2D eigenvalue weighted by molar-refractivity contribution is 5.93. The Morgan fingerprint density at radius 3 is 2.15 bits per heavy atom. The minimum Gasteiger partial charge on any atom is -0.480 e. The van der Waals surface area contributed by atoms with Crippen molar-refractivity contribution in [3.05, 3.63) is 95.6 Å². The smallest absolute Gasteiger partial charge is 0.429 e. The zero-order valence-corrected chi connectivity index (χ0v) is 20.8. The molecule has 3 aromatic carbocycles. The number of carbonyl (C=O) groups excluding carboxylic acids is 1. The molecule has 0 fully saturated rings. The topological polar surface area (TPSA) is 167 Å². The lowest BCUT2D eigenvalue weighted by Gasteiger charge is -2.24. The van der Waals surface area contributed by atoms with E-state index in [9.17, 15) is 22.8 Å². The van der Waals surface area contributed by atoms with Gasteiger partial charge in [0.25, 0.3) is 0 Å². The highest BCUT2D eigenvalue weighted by Crippen LogP contribution is 2.41. The first-order valence-corrected chi connectivity index (χ1v) is 11.9. The molecule has 12 heteroatoms. The molecule has 7 N–H and O–H groups in total. The van der Waals surface area contributed by atoms with Crippen molar-refractivity contribution < 1.29 is 32.6 Å². The van der Waals surface area contributed by atoms with E-state index in [2.05, 4.69) is 9.97 Å². The highest BCUT2D eigenvalue weighted by atomic mass is 19.4. The number of hydrogen-bond donors (Lipinski definition) is 4. The minimum atomic E-state index is -4.84. The molecule has 0 bridgehead atoms. The van der Waals surface area contributed by atoms with Gasteiger partial charge < -0.3 is 27.0 Å². The Hall–Kier alpha value is -4.97. The van der Waals surface area contributed by atoms with Crippen LogP contribution in [0.2, 0.25) is 0 Å². The number of hydrogen-bond acceptors (Lipinski definition) is 7. The van der Waals surface area contributed by atoms with Gasteiger partial charge in [-0.2, -0.15) is 18.2 Å². The second kappa shape index (κ2) is 11.4. The number of primary amides is 1. The SMILES string of the molecule is NC(=O)c1ccc(-c2ccccc2C(Oc2cc(-c3ccc(CC(N)C(=O)O)cc3)nc(N)n2)C(F)(F)F)cc1. The molecule has 9 nitrogen and oxygen atoms in total. The Bertz CT molecular complexity index is 1530. The normalized spacial score (nSPS) is 12.9. The third-order valence-electron chi connectivity index (χ3n) is 6.00. The Kier molecular flexibility index (Phi) is 8.00. The Labute approximate surface area is 226 Å². The standard InChI is InChI=1S/C28H24F3N5O4/c29-28(30,31)24(20-4-2-1-3-19(20)16-9-11-18(12-10-16)25(33)37)40-23-14-22(35-27(34)36-23)17-7-5-15(6-8-17)13-21(32)26(38)39/h1-12,14,21,24H,13,32H2,(H2,33,37)(H,38,39)(H2,34,35,36). The van der Waals surface area contributed by atoms with Gasteiger partial charge in [-0.1, -0.05) is 60.7 Å². The van der Waals surface area contributed by atoms with E-state index in [0.717, 1.165) is 0 Å². The van der Waals surface area contributed by atoms with Gasteiger partial charge in [-0.15, -0.1) is 0 Å². The summed E-state index contributed by atoms with van der Waals surface area (Å²) < 4.78 is 48.5. The molecule has 1 heterocycles. The molecule has 1 amide bonds.